The van der Waals surface area contributed by atoms with Gasteiger partial charge >= 0.3 is 5.97 Å². The third-order valence-corrected chi connectivity index (χ3v) is 2.31. The molecule has 0 aliphatic rings. The SMILES string of the molecule is O=C(O)c1cc([N+](=O)[O-])cnc1NCCCOCCO. The van der Waals surface area contributed by atoms with Gasteiger partial charge in [0.05, 0.1) is 18.1 Å². The average molecular weight is 285 g/mol. The predicted octanol–water partition coefficient (Wildman–Crippen LogP) is 0.499. The molecule has 0 amide bonds. The zero-order valence-electron chi connectivity index (χ0n) is 10.6. The lowest BCUT2D eigenvalue weighted by molar-refractivity contribution is -0.385. The van der Waals surface area contributed by atoms with Crippen molar-refractivity contribution in [2.24, 2.45) is 0 Å². The first kappa shape index (κ1) is 15.8. The number of aromatic carboxylic acids is 1. The molecule has 0 aliphatic carbocycles. The van der Waals surface area contributed by atoms with Gasteiger partial charge in [-0.3, -0.25) is 10.1 Å². The Morgan fingerprint density at radius 3 is 2.85 bits per heavy atom. The first-order valence-corrected chi connectivity index (χ1v) is 5.86. The lowest BCUT2D eigenvalue weighted by Crippen LogP contribution is -2.12. The second kappa shape index (κ2) is 8.02. The Bertz CT molecular complexity index is 479. The lowest BCUT2D eigenvalue weighted by atomic mass is 10.2. The number of pyridine rings is 1. The maximum Gasteiger partial charge on any atom is 0.339 e. The van der Waals surface area contributed by atoms with Crippen LogP contribution >= 0.6 is 0 Å². The fourth-order valence-electron chi connectivity index (χ4n) is 1.41. The molecule has 0 radical (unpaired) electrons. The van der Waals surface area contributed by atoms with Gasteiger partial charge in [-0.15, -0.1) is 0 Å². The Morgan fingerprint density at radius 2 is 2.25 bits per heavy atom. The van der Waals surface area contributed by atoms with Crippen molar-refractivity contribution < 1.29 is 24.7 Å². The number of hydrogen-bond donors (Lipinski definition) is 3. The highest BCUT2D eigenvalue weighted by molar-refractivity contribution is 5.93. The lowest BCUT2D eigenvalue weighted by Gasteiger charge is -2.08. The van der Waals surface area contributed by atoms with E-state index in [1.54, 1.807) is 0 Å². The highest BCUT2D eigenvalue weighted by Crippen LogP contribution is 2.19. The van der Waals surface area contributed by atoms with Crippen LogP contribution < -0.4 is 5.32 Å². The molecule has 0 saturated carbocycles. The van der Waals surface area contributed by atoms with Crippen molar-refractivity contribution in [3.05, 3.63) is 27.9 Å². The summed E-state index contributed by atoms with van der Waals surface area (Å²) in [5, 5.41) is 30.8. The van der Waals surface area contributed by atoms with Crippen LogP contribution in [0.15, 0.2) is 12.3 Å². The fourth-order valence-corrected chi connectivity index (χ4v) is 1.41. The van der Waals surface area contributed by atoms with E-state index in [9.17, 15) is 14.9 Å². The summed E-state index contributed by atoms with van der Waals surface area (Å²) in [6.45, 7) is 0.996. The summed E-state index contributed by atoms with van der Waals surface area (Å²) in [4.78, 5) is 24.6. The zero-order valence-corrected chi connectivity index (χ0v) is 10.6. The van der Waals surface area contributed by atoms with Crippen LogP contribution in [-0.2, 0) is 4.74 Å². The van der Waals surface area contributed by atoms with E-state index < -0.39 is 10.9 Å². The molecule has 9 nitrogen and oxygen atoms in total. The van der Waals surface area contributed by atoms with E-state index in [0.717, 1.165) is 12.3 Å². The summed E-state index contributed by atoms with van der Waals surface area (Å²) in [5.74, 6) is -1.22. The molecule has 0 fully saturated rings. The predicted molar refractivity (Wildman–Crippen MR) is 68.9 cm³/mol. The topological polar surface area (TPSA) is 135 Å². The normalized spacial score (nSPS) is 10.2. The number of ether oxygens (including phenoxy) is 1. The summed E-state index contributed by atoms with van der Waals surface area (Å²) in [7, 11) is 0. The second-order valence-electron chi connectivity index (χ2n) is 3.77. The fraction of sp³-hybridized carbons (Fsp3) is 0.455. The van der Waals surface area contributed by atoms with Crippen LogP contribution in [0.25, 0.3) is 0 Å². The number of nitrogens with zero attached hydrogens (tertiary/aromatic N) is 2. The van der Waals surface area contributed by atoms with Gasteiger partial charge in [0.1, 0.15) is 17.6 Å². The van der Waals surface area contributed by atoms with Crippen molar-refractivity contribution in [2.75, 3.05) is 31.7 Å². The van der Waals surface area contributed by atoms with Gasteiger partial charge in [0.2, 0.25) is 0 Å². The van der Waals surface area contributed by atoms with Crippen molar-refractivity contribution in [3.8, 4) is 0 Å². The number of aliphatic hydroxyl groups excluding tert-OH is 1. The summed E-state index contributed by atoms with van der Waals surface area (Å²) in [5.41, 5.74) is -0.630. The highest BCUT2D eigenvalue weighted by Gasteiger charge is 2.17. The molecule has 0 aliphatic heterocycles. The van der Waals surface area contributed by atoms with E-state index in [1.807, 2.05) is 0 Å². The number of aromatic nitrogens is 1. The van der Waals surface area contributed by atoms with Gasteiger partial charge in [-0.05, 0) is 6.42 Å². The molecule has 20 heavy (non-hydrogen) atoms. The van der Waals surface area contributed by atoms with Gasteiger partial charge in [0.25, 0.3) is 5.69 Å². The van der Waals surface area contributed by atoms with E-state index >= 15 is 0 Å². The number of nitro groups is 1. The van der Waals surface area contributed by atoms with Crippen LogP contribution in [0.2, 0.25) is 0 Å². The van der Waals surface area contributed by atoms with Gasteiger partial charge in [0.15, 0.2) is 0 Å². The van der Waals surface area contributed by atoms with E-state index in [1.165, 1.54) is 0 Å². The van der Waals surface area contributed by atoms with Gasteiger partial charge in [-0.2, -0.15) is 0 Å². The first-order chi connectivity index (χ1) is 9.56. The van der Waals surface area contributed by atoms with Gasteiger partial charge in [-0.1, -0.05) is 0 Å². The third kappa shape index (κ3) is 4.78. The molecule has 110 valence electrons. The zero-order chi connectivity index (χ0) is 15.0. The van der Waals surface area contributed by atoms with Crippen molar-refractivity contribution >= 4 is 17.5 Å². The molecular formula is C11H15N3O6. The molecule has 0 bridgehead atoms. The number of rotatable bonds is 9. The molecule has 3 N–H and O–H groups in total. The Hall–Kier alpha value is -2.26. The quantitative estimate of drug-likeness (QED) is 0.339. The van der Waals surface area contributed by atoms with Gasteiger partial charge in [0, 0.05) is 19.2 Å². The minimum atomic E-state index is -1.29. The number of hydrogen-bond acceptors (Lipinski definition) is 7. The molecule has 1 rings (SSSR count). The third-order valence-electron chi connectivity index (χ3n) is 2.31. The van der Waals surface area contributed by atoms with Crippen LogP contribution in [0.3, 0.4) is 0 Å². The number of carboxylic acid groups (broad SMARTS) is 1. The maximum atomic E-state index is 11.0. The molecule has 9 heteroatoms. The number of carbonyl (C=O) groups is 1. The Morgan fingerprint density at radius 1 is 1.50 bits per heavy atom. The first-order valence-electron chi connectivity index (χ1n) is 5.86. The van der Waals surface area contributed by atoms with E-state index in [4.69, 9.17) is 14.9 Å². The Balaban J connectivity index is 2.60. The van der Waals surface area contributed by atoms with Gasteiger partial charge < -0.3 is 20.3 Å². The monoisotopic (exact) mass is 285 g/mol. The summed E-state index contributed by atoms with van der Waals surface area (Å²) >= 11 is 0. The molecular weight excluding hydrogens is 270 g/mol. The number of nitrogens with one attached hydrogen (secondary N) is 1. The van der Waals surface area contributed by atoms with Crippen molar-refractivity contribution in [2.45, 2.75) is 6.42 Å². The van der Waals surface area contributed by atoms with Crippen molar-refractivity contribution in [1.82, 2.24) is 4.98 Å². The smallest absolute Gasteiger partial charge is 0.339 e. The minimum Gasteiger partial charge on any atom is -0.478 e. The Kier molecular flexibility index (Phi) is 6.33. The molecule has 1 aromatic heterocycles. The minimum absolute atomic E-state index is 0.0551. The molecule has 1 heterocycles. The molecule has 0 unspecified atom stereocenters. The Labute approximate surface area is 114 Å². The second-order valence-corrected chi connectivity index (χ2v) is 3.77. The molecule has 1 aromatic rings. The highest BCUT2D eigenvalue weighted by atomic mass is 16.6. The van der Waals surface area contributed by atoms with Crippen LogP contribution in [0.4, 0.5) is 11.5 Å². The number of aliphatic hydroxyl groups is 1. The molecule has 0 saturated heterocycles. The van der Waals surface area contributed by atoms with Crippen LogP contribution in [0.5, 0.6) is 0 Å². The van der Waals surface area contributed by atoms with E-state index in [2.05, 4.69) is 10.3 Å². The molecule has 0 atom stereocenters. The number of anilines is 1. The maximum absolute atomic E-state index is 11.0. The van der Waals surface area contributed by atoms with Gasteiger partial charge in [-0.25, -0.2) is 9.78 Å². The van der Waals surface area contributed by atoms with E-state index in [-0.39, 0.29) is 30.3 Å². The molecule has 0 aromatic carbocycles. The summed E-state index contributed by atoms with van der Waals surface area (Å²) in [6, 6.07) is 0.958. The summed E-state index contributed by atoms with van der Waals surface area (Å²) in [6.07, 6.45) is 1.58. The average Bonchev–Trinajstić information content (AvgIpc) is 2.42. The van der Waals surface area contributed by atoms with E-state index in [0.29, 0.717) is 19.6 Å². The van der Waals surface area contributed by atoms with Crippen LogP contribution in [0.1, 0.15) is 16.8 Å². The van der Waals surface area contributed by atoms with Crippen molar-refractivity contribution in [1.29, 1.82) is 0 Å². The van der Waals surface area contributed by atoms with Crippen LogP contribution in [-0.4, -0.2) is 52.5 Å². The standard InChI is InChI=1S/C11H15N3O6/c15-3-5-20-4-1-2-12-10-9(11(16)17)6-8(7-13-10)14(18)19/h6-7,15H,1-5H2,(H,12,13)(H,16,17). The van der Waals surface area contributed by atoms with Crippen molar-refractivity contribution in [3.63, 3.8) is 0 Å². The van der Waals surface area contributed by atoms with Crippen LogP contribution in [0, 0.1) is 10.1 Å². The number of carboxylic acids is 1. The molecule has 0 spiro atoms. The summed E-state index contributed by atoms with van der Waals surface area (Å²) < 4.78 is 5.03. The largest absolute Gasteiger partial charge is 0.478 e.